The standard InChI is InChI=1S/C17H20N4O6.Ca.Na.H3O4P.3H/c1-7-3-9-10(4-8(7)2)21(5-11(23)14(25)12(24)6-22)15-13(18-9)16(26)20-17(27)19-15;;;1-5(2,3)4;;;/h3-4,11-12,14,22-25H,5-6H2,1-2H3,(H,20,26,27);;;(H3,1,2,3,4);;;/q;+2;+1;;3*-1/t11-,12+,14-;;;;;;/m0....../s1. The fourth-order valence-electron chi connectivity index (χ4n) is 2.89. The topological polar surface area (TPSA) is 239 Å². The van der Waals surface area contributed by atoms with E-state index in [-0.39, 0.29) is 89.6 Å². The normalized spacial score (nSPS) is 13.8. The van der Waals surface area contributed by atoms with Crippen LogP contribution in [0.3, 0.4) is 0 Å². The summed E-state index contributed by atoms with van der Waals surface area (Å²) in [5, 5.41) is 38.8. The number of hydrogen-bond donors (Lipinski definition) is 8. The van der Waals surface area contributed by atoms with E-state index in [1.165, 1.54) is 4.57 Å². The maximum atomic E-state index is 12.2. The summed E-state index contributed by atoms with van der Waals surface area (Å²) in [6, 6.07) is 3.53. The first kappa shape index (κ1) is 33.7. The molecule has 1 aromatic rings. The van der Waals surface area contributed by atoms with Crippen molar-refractivity contribution >= 4 is 56.6 Å². The third-order valence-corrected chi connectivity index (χ3v) is 4.57. The molecule has 0 saturated heterocycles. The molecule has 0 aliphatic carbocycles. The van der Waals surface area contributed by atoms with Crippen LogP contribution >= 0.6 is 7.82 Å². The Hall–Kier alpha value is -0.290. The molecule has 0 bridgehead atoms. The first-order valence-electron chi connectivity index (χ1n) is 9.08. The fourth-order valence-corrected chi connectivity index (χ4v) is 2.89. The van der Waals surface area contributed by atoms with Gasteiger partial charge < -0.3 is 44.0 Å². The Morgan fingerprint density at radius 1 is 1.06 bits per heavy atom. The Balaban J connectivity index is -0.000000499. The summed E-state index contributed by atoms with van der Waals surface area (Å²) < 4.78 is 10.3. The first-order valence-corrected chi connectivity index (χ1v) is 10.6. The predicted molar refractivity (Wildman–Crippen MR) is 119 cm³/mol. The molecule has 182 valence electrons. The molecule has 17 heteroatoms. The molecule has 0 amide bonds. The summed E-state index contributed by atoms with van der Waals surface area (Å²) in [6.45, 7) is 2.73. The Bertz CT molecular complexity index is 1260. The zero-order chi connectivity index (χ0) is 24.4. The summed E-state index contributed by atoms with van der Waals surface area (Å²) in [4.78, 5) is 55.6. The van der Waals surface area contributed by atoms with Crippen molar-refractivity contribution in [2.45, 2.75) is 38.7 Å². The van der Waals surface area contributed by atoms with E-state index in [2.05, 4.69) is 15.0 Å². The number of hydrogen-bond acceptors (Lipinski definition) is 9. The summed E-state index contributed by atoms with van der Waals surface area (Å²) in [5.41, 5.74) is 1.11. The number of nitrogens with zero attached hydrogens (tertiary/aromatic N) is 3. The predicted octanol–water partition coefficient (Wildman–Crippen LogP) is -5.69. The number of rotatable bonds is 5. The van der Waals surface area contributed by atoms with E-state index >= 15 is 0 Å². The Kier molecular flexibility index (Phi) is 13.7. The van der Waals surface area contributed by atoms with Crippen molar-refractivity contribution in [3.63, 3.8) is 0 Å². The summed E-state index contributed by atoms with van der Waals surface area (Å²) in [5.74, 6) is -0.0516. The van der Waals surface area contributed by atoms with Crippen LogP contribution in [0.25, 0.3) is 22.6 Å². The number of aliphatic hydroxyl groups excluding tert-OH is 4. The maximum absolute atomic E-state index is 12.2. The van der Waals surface area contributed by atoms with Gasteiger partial charge in [-0.2, -0.15) is 4.98 Å². The van der Waals surface area contributed by atoms with E-state index in [4.69, 9.17) is 24.4 Å². The molecule has 2 heterocycles. The zero-order valence-electron chi connectivity index (χ0n) is 21.7. The molecule has 2 aliphatic rings. The van der Waals surface area contributed by atoms with Gasteiger partial charge >= 0.3 is 80.8 Å². The quantitative estimate of drug-likeness (QED) is 0.0858. The van der Waals surface area contributed by atoms with Crippen LogP contribution in [0.15, 0.2) is 21.7 Å². The minimum atomic E-state index is -4.64. The molecule has 0 aromatic heterocycles. The molecule has 0 fully saturated rings. The van der Waals surface area contributed by atoms with Gasteiger partial charge in [-0.3, -0.25) is 9.78 Å². The molecule has 0 radical (unpaired) electrons. The number of aryl methyl sites for hydroxylation is 2. The fraction of sp³-hybridized carbons (Fsp3) is 0.412. The summed E-state index contributed by atoms with van der Waals surface area (Å²) in [7, 11) is -4.64. The van der Waals surface area contributed by atoms with Crippen LogP contribution in [0.5, 0.6) is 0 Å². The van der Waals surface area contributed by atoms with Gasteiger partial charge in [0, 0.05) is 0 Å². The first-order chi connectivity index (χ1) is 14.7. The van der Waals surface area contributed by atoms with Gasteiger partial charge in [0.1, 0.15) is 18.3 Å². The molecule has 0 saturated carbocycles. The van der Waals surface area contributed by atoms with Gasteiger partial charge in [0.25, 0.3) is 5.56 Å². The van der Waals surface area contributed by atoms with E-state index in [9.17, 15) is 24.9 Å². The van der Waals surface area contributed by atoms with Crippen molar-refractivity contribution in [3.8, 4) is 11.5 Å². The maximum Gasteiger partial charge on any atom is 2.00 e. The van der Waals surface area contributed by atoms with Crippen molar-refractivity contribution in [2.24, 2.45) is 0 Å². The second-order valence-electron chi connectivity index (χ2n) is 7.01. The average Bonchev–Trinajstić information content (AvgIpc) is 2.67. The van der Waals surface area contributed by atoms with Gasteiger partial charge in [-0.05, 0) is 37.1 Å². The minimum Gasteiger partial charge on any atom is -1.00 e. The third-order valence-electron chi connectivity index (χ3n) is 4.57. The molecule has 14 nitrogen and oxygen atoms in total. The van der Waals surface area contributed by atoms with E-state index in [0.717, 1.165) is 11.1 Å². The van der Waals surface area contributed by atoms with Gasteiger partial charge in [-0.1, -0.05) is 0 Å². The van der Waals surface area contributed by atoms with Gasteiger partial charge in [0.15, 0.2) is 11.5 Å². The summed E-state index contributed by atoms with van der Waals surface area (Å²) in [6.07, 6.45) is -4.68. The average molecular weight is 540 g/mol. The van der Waals surface area contributed by atoms with E-state index in [1.54, 1.807) is 12.1 Å². The van der Waals surface area contributed by atoms with Crippen molar-refractivity contribution in [1.29, 1.82) is 0 Å². The SMILES string of the molecule is Cc1cc2nc3c(=O)[nH]c(=O)nc-3n(C[C@H](O)[C@H](O)[C@H](O)CO)c2cc1C.O=P(O)(O)O.[Ca+2].[H-].[H-].[H-].[Na+]. The molecule has 8 N–H and O–H groups in total. The molecule has 3 atom stereocenters. The second kappa shape index (κ2) is 13.9. The van der Waals surface area contributed by atoms with Crippen molar-refractivity contribution < 1.29 is 73.5 Å². The number of aliphatic hydroxyl groups is 4. The number of nitrogens with one attached hydrogen (secondary N) is 1. The third kappa shape index (κ3) is 8.98. The van der Waals surface area contributed by atoms with Gasteiger partial charge in [-0.25, -0.2) is 14.3 Å². The van der Waals surface area contributed by atoms with Gasteiger partial charge in [0.2, 0.25) is 0 Å². The largest absolute Gasteiger partial charge is 2.00 e. The van der Waals surface area contributed by atoms with E-state index in [1.807, 2.05) is 13.8 Å². The number of benzene rings is 1. The second-order valence-corrected chi connectivity index (χ2v) is 8.04. The zero-order valence-corrected chi connectivity index (χ0v) is 23.8. The van der Waals surface area contributed by atoms with Gasteiger partial charge in [-0.15, -0.1) is 0 Å². The number of fused-ring (bicyclic) bond motifs is 2. The van der Waals surface area contributed by atoms with E-state index < -0.39 is 44.0 Å². The van der Waals surface area contributed by atoms with Crippen LogP contribution in [0.1, 0.15) is 15.4 Å². The van der Waals surface area contributed by atoms with Crippen LogP contribution in [0, 0.1) is 13.8 Å². The number of aromatic amines is 1. The van der Waals surface area contributed by atoms with Crippen LogP contribution in [0.2, 0.25) is 0 Å². The molecule has 0 unspecified atom stereocenters. The van der Waals surface area contributed by atoms with Crippen molar-refractivity contribution in [3.05, 3.63) is 44.1 Å². The van der Waals surface area contributed by atoms with Crippen molar-refractivity contribution in [2.75, 3.05) is 6.61 Å². The Morgan fingerprint density at radius 3 is 2.12 bits per heavy atom. The molecule has 2 aliphatic heterocycles. The van der Waals surface area contributed by atoms with Crippen LogP contribution in [-0.2, 0) is 11.1 Å². The van der Waals surface area contributed by atoms with Crippen LogP contribution in [-0.4, -0.2) is 117 Å². The van der Waals surface area contributed by atoms with Crippen LogP contribution < -0.4 is 40.8 Å². The Labute approximate surface area is 248 Å². The van der Waals surface area contributed by atoms with Crippen LogP contribution in [0.4, 0.5) is 0 Å². The smallest absolute Gasteiger partial charge is 1.00 e. The number of aromatic nitrogens is 4. The molecule has 3 rings (SSSR count). The molecule has 0 spiro atoms. The number of phosphoric acid groups is 1. The van der Waals surface area contributed by atoms with Crippen molar-refractivity contribution in [1.82, 2.24) is 19.5 Å². The van der Waals surface area contributed by atoms with Gasteiger partial charge in [0.05, 0.1) is 24.2 Å². The molecular formula is C17H26CaN4NaO10P. The van der Waals surface area contributed by atoms with E-state index in [0.29, 0.717) is 11.0 Å². The molecule has 1 aromatic carbocycles. The number of H-pyrrole nitrogens is 1. The minimum absolute atomic E-state index is 0. The summed E-state index contributed by atoms with van der Waals surface area (Å²) >= 11 is 0. The molecule has 34 heavy (non-hydrogen) atoms. The monoisotopic (exact) mass is 540 g/mol. The Morgan fingerprint density at radius 2 is 1.59 bits per heavy atom. The molecular weight excluding hydrogens is 514 g/mol.